The Kier molecular flexibility index (Phi) is 6.63. The zero-order chi connectivity index (χ0) is 20.6. The van der Waals surface area contributed by atoms with E-state index in [1.54, 1.807) is 42.5 Å². The number of ether oxygens (including phenoxy) is 1. The van der Waals surface area contributed by atoms with Gasteiger partial charge in [-0.3, -0.25) is 9.59 Å². The summed E-state index contributed by atoms with van der Waals surface area (Å²) < 4.78 is 5.43. The molecule has 1 unspecified atom stereocenters. The Hall–Kier alpha value is -3.60. The number of hydrogen-bond acceptors (Lipinski definition) is 3. The standard InChI is InChI=1S/C24H24N2O3/c1-3-29-22-11-7-10-20(16-22)24(28)26-21-14-12-19(13-15-21)23(27)25-17(2)18-8-5-4-6-9-18/h4-17H,3H2,1-2H3,(H,25,27)(H,26,28). The molecule has 0 aromatic heterocycles. The first-order valence-corrected chi connectivity index (χ1v) is 9.57. The summed E-state index contributed by atoms with van der Waals surface area (Å²) in [6.45, 7) is 4.38. The summed E-state index contributed by atoms with van der Waals surface area (Å²) in [4.78, 5) is 24.9. The minimum Gasteiger partial charge on any atom is -0.494 e. The molecule has 0 aliphatic heterocycles. The minimum atomic E-state index is -0.235. The summed E-state index contributed by atoms with van der Waals surface area (Å²) in [5.74, 6) is 0.254. The molecule has 3 aromatic rings. The van der Waals surface area contributed by atoms with Crippen LogP contribution in [0.15, 0.2) is 78.9 Å². The van der Waals surface area contributed by atoms with Gasteiger partial charge in [0.25, 0.3) is 11.8 Å². The van der Waals surface area contributed by atoms with E-state index in [-0.39, 0.29) is 17.9 Å². The predicted molar refractivity (Wildman–Crippen MR) is 114 cm³/mol. The van der Waals surface area contributed by atoms with Crippen LogP contribution < -0.4 is 15.4 Å². The maximum atomic E-state index is 12.5. The molecule has 0 fully saturated rings. The van der Waals surface area contributed by atoms with Crippen LogP contribution in [0.2, 0.25) is 0 Å². The van der Waals surface area contributed by atoms with Gasteiger partial charge in [0, 0.05) is 16.8 Å². The molecular weight excluding hydrogens is 364 g/mol. The largest absolute Gasteiger partial charge is 0.494 e. The Morgan fingerprint density at radius 2 is 1.59 bits per heavy atom. The van der Waals surface area contributed by atoms with Crippen LogP contribution >= 0.6 is 0 Å². The van der Waals surface area contributed by atoms with Crippen LogP contribution in [-0.4, -0.2) is 18.4 Å². The second kappa shape index (κ2) is 9.55. The maximum Gasteiger partial charge on any atom is 0.255 e. The molecule has 0 aliphatic rings. The fraction of sp³-hybridized carbons (Fsp3) is 0.167. The Labute approximate surface area is 170 Å². The van der Waals surface area contributed by atoms with Gasteiger partial charge in [-0.25, -0.2) is 0 Å². The van der Waals surface area contributed by atoms with Gasteiger partial charge in [-0.1, -0.05) is 36.4 Å². The van der Waals surface area contributed by atoms with Crippen LogP contribution in [0.1, 0.15) is 46.2 Å². The quantitative estimate of drug-likeness (QED) is 0.609. The molecule has 0 aliphatic carbocycles. The highest BCUT2D eigenvalue weighted by atomic mass is 16.5. The van der Waals surface area contributed by atoms with Crippen molar-refractivity contribution in [3.8, 4) is 5.75 Å². The molecule has 5 heteroatoms. The second-order valence-corrected chi connectivity index (χ2v) is 6.60. The third-order valence-electron chi connectivity index (χ3n) is 4.46. The Bertz CT molecular complexity index is 969. The van der Waals surface area contributed by atoms with Gasteiger partial charge in [0.05, 0.1) is 12.6 Å². The SMILES string of the molecule is CCOc1cccc(C(=O)Nc2ccc(C(=O)NC(C)c3ccccc3)cc2)c1. The van der Waals surface area contributed by atoms with E-state index >= 15 is 0 Å². The highest BCUT2D eigenvalue weighted by molar-refractivity contribution is 6.04. The van der Waals surface area contributed by atoms with E-state index in [0.717, 1.165) is 5.56 Å². The molecule has 29 heavy (non-hydrogen) atoms. The number of hydrogen-bond donors (Lipinski definition) is 2. The predicted octanol–water partition coefficient (Wildman–Crippen LogP) is 4.83. The van der Waals surface area contributed by atoms with Crippen LogP contribution in [0.25, 0.3) is 0 Å². The zero-order valence-electron chi connectivity index (χ0n) is 16.5. The lowest BCUT2D eigenvalue weighted by Gasteiger charge is -2.14. The van der Waals surface area contributed by atoms with Crippen molar-refractivity contribution < 1.29 is 14.3 Å². The van der Waals surface area contributed by atoms with Crippen molar-refractivity contribution in [3.63, 3.8) is 0 Å². The van der Waals surface area contributed by atoms with Crippen molar-refractivity contribution in [2.75, 3.05) is 11.9 Å². The normalized spacial score (nSPS) is 11.4. The number of rotatable bonds is 7. The highest BCUT2D eigenvalue weighted by Gasteiger charge is 2.12. The lowest BCUT2D eigenvalue weighted by Crippen LogP contribution is -2.26. The van der Waals surface area contributed by atoms with Crippen LogP contribution in [-0.2, 0) is 0 Å². The van der Waals surface area contributed by atoms with Crippen LogP contribution in [0.3, 0.4) is 0 Å². The lowest BCUT2D eigenvalue weighted by molar-refractivity contribution is 0.0939. The molecule has 0 bridgehead atoms. The number of carbonyl (C=O) groups excluding carboxylic acids is 2. The smallest absolute Gasteiger partial charge is 0.255 e. The third-order valence-corrected chi connectivity index (χ3v) is 4.46. The van der Waals surface area contributed by atoms with Gasteiger partial charge in [-0.05, 0) is 61.9 Å². The van der Waals surface area contributed by atoms with Crippen molar-refractivity contribution in [2.24, 2.45) is 0 Å². The van der Waals surface area contributed by atoms with Gasteiger partial charge in [0.2, 0.25) is 0 Å². The molecule has 2 N–H and O–H groups in total. The minimum absolute atomic E-state index is 0.0966. The van der Waals surface area contributed by atoms with Crippen LogP contribution in [0, 0.1) is 0 Å². The number of carbonyl (C=O) groups is 2. The molecular formula is C24H24N2O3. The fourth-order valence-electron chi connectivity index (χ4n) is 2.91. The monoisotopic (exact) mass is 388 g/mol. The highest BCUT2D eigenvalue weighted by Crippen LogP contribution is 2.17. The van der Waals surface area contributed by atoms with Gasteiger partial charge in [0.1, 0.15) is 5.75 Å². The molecule has 0 radical (unpaired) electrons. The van der Waals surface area contributed by atoms with E-state index in [1.807, 2.05) is 50.2 Å². The van der Waals surface area contributed by atoms with E-state index in [0.29, 0.717) is 29.2 Å². The van der Waals surface area contributed by atoms with Crippen LogP contribution in [0.5, 0.6) is 5.75 Å². The summed E-state index contributed by atoms with van der Waals surface area (Å²) in [5.41, 5.74) is 2.70. The molecule has 3 rings (SSSR count). The summed E-state index contributed by atoms with van der Waals surface area (Å²) in [7, 11) is 0. The molecule has 1 atom stereocenters. The van der Waals surface area contributed by atoms with Crippen molar-refractivity contribution in [1.29, 1.82) is 0 Å². The fourth-order valence-corrected chi connectivity index (χ4v) is 2.91. The van der Waals surface area contributed by atoms with Crippen molar-refractivity contribution in [3.05, 3.63) is 95.6 Å². The first kappa shape index (κ1) is 20.1. The van der Waals surface area contributed by atoms with Crippen LogP contribution in [0.4, 0.5) is 5.69 Å². The summed E-state index contributed by atoms with van der Waals surface area (Å²) in [5, 5.41) is 5.81. The molecule has 3 aromatic carbocycles. The average Bonchev–Trinajstić information content (AvgIpc) is 2.75. The molecule has 148 valence electrons. The van der Waals surface area contributed by atoms with E-state index < -0.39 is 0 Å². The van der Waals surface area contributed by atoms with Gasteiger partial charge >= 0.3 is 0 Å². The Balaban J connectivity index is 1.61. The molecule has 0 saturated heterocycles. The zero-order valence-corrected chi connectivity index (χ0v) is 16.5. The topological polar surface area (TPSA) is 67.4 Å². The molecule has 5 nitrogen and oxygen atoms in total. The average molecular weight is 388 g/mol. The van der Waals surface area contributed by atoms with Gasteiger partial charge < -0.3 is 15.4 Å². The third kappa shape index (κ3) is 5.45. The molecule has 2 amide bonds. The molecule has 0 heterocycles. The first-order valence-electron chi connectivity index (χ1n) is 9.57. The Morgan fingerprint density at radius 1 is 0.862 bits per heavy atom. The number of benzene rings is 3. The van der Waals surface area contributed by atoms with E-state index in [9.17, 15) is 9.59 Å². The lowest BCUT2D eigenvalue weighted by atomic mass is 10.1. The maximum absolute atomic E-state index is 12.5. The van der Waals surface area contributed by atoms with E-state index in [2.05, 4.69) is 10.6 Å². The number of anilines is 1. The van der Waals surface area contributed by atoms with Gasteiger partial charge in [-0.2, -0.15) is 0 Å². The second-order valence-electron chi connectivity index (χ2n) is 6.60. The van der Waals surface area contributed by atoms with Crippen molar-refractivity contribution in [1.82, 2.24) is 5.32 Å². The summed E-state index contributed by atoms with van der Waals surface area (Å²) in [6.07, 6.45) is 0. The van der Waals surface area contributed by atoms with Gasteiger partial charge in [-0.15, -0.1) is 0 Å². The van der Waals surface area contributed by atoms with Crippen molar-refractivity contribution in [2.45, 2.75) is 19.9 Å². The molecule has 0 spiro atoms. The summed E-state index contributed by atoms with van der Waals surface area (Å²) in [6, 6.07) is 23.5. The first-order chi connectivity index (χ1) is 14.1. The number of amides is 2. The van der Waals surface area contributed by atoms with E-state index in [4.69, 9.17) is 4.74 Å². The Morgan fingerprint density at radius 3 is 2.28 bits per heavy atom. The number of nitrogens with one attached hydrogen (secondary N) is 2. The molecule has 0 saturated carbocycles. The summed E-state index contributed by atoms with van der Waals surface area (Å²) >= 11 is 0. The van der Waals surface area contributed by atoms with Crippen molar-refractivity contribution >= 4 is 17.5 Å². The van der Waals surface area contributed by atoms with E-state index in [1.165, 1.54) is 0 Å². The van der Waals surface area contributed by atoms with Gasteiger partial charge in [0.15, 0.2) is 0 Å².